The van der Waals surface area contributed by atoms with Crippen molar-refractivity contribution in [1.82, 2.24) is 0 Å². The minimum absolute atomic E-state index is 0.0272. The molecule has 0 aliphatic carbocycles. The topological polar surface area (TPSA) is 70.2 Å². The van der Waals surface area contributed by atoms with Crippen LogP contribution in [0.1, 0.15) is 53.9 Å². The summed E-state index contributed by atoms with van der Waals surface area (Å²) < 4.78 is 72.9. The van der Waals surface area contributed by atoms with Crippen molar-refractivity contribution in [2.75, 3.05) is 13.1 Å². The van der Waals surface area contributed by atoms with E-state index in [1.54, 1.807) is 6.92 Å². The summed E-state index contributed by atoms with van der Waals surface area (Å²) in [4.78, 5) is 27.5. The van der Waals surface area contributed by atoms with E-state index in [1.807, 2.05) is 13.8 Å². The number of carbonyl (C=O) groups is 1. The highest BCUT2D eigenvalue weighted by molar-refractivity contribution is 6.31. The van der Waals surface area contributed by atoms with Crippen molar-refractivity contribution in [1.29, 1.82) is 0 Å². The Morgan fingerprint density at radius 3 is 2.26 bits per heavy atom. The molecule has 0 aliphatic heterocycles. The number of carbonyl (C=O) groups excluding carboxylic acids is 1. The van der Waals surface area contributed by atoms with E-state index in [2.05, 4.69) is 0 Å². The van der Waals surface area contributed by atoms with E-state index < -0.39 is 34.9 Å². The van der Waals surface area contributed by atoms with Crippen molar-refractivity contribution in [2.45, 2.75) is 46.3 Å². The van der Waals surface area contributed by atoms with E-state index in [1.165, 1.54) is 42.5 Å². The summed E-state index contributed by atoms with van der Waals surface area (Å²) in [6.45, 7) is 7.04. The van der Waals surface area contributed by atoms with Crippen LogP contribution in [0.3, 0.4) is 0 Å². The van der Waals surface area contributed by atoms with Gasteiger partial charge in [0, 0.05) is 5.02 Å². The highest BCUT2D eigenvalue weighted by Crippen LogP contribution is 2.40. The normalized spacial score (nSPS) is 11.7. The van der Waals surface area contributed by atoms with Crippen LogP contribution in [0.25, 0.3) is 11.0 Å². The molecule has 1 aromatic heterocycles. The number of aryl methyl sites for hydroxylation is 1. The van der Waals surface area contributed by atoms with Crippen LogP contribution < -0.4 is 19.8 Å². The first-order chi connectivity index (χ1) is 19.9. The summed E-state index contributed by atoms with van der Waals surface area (Å²) in [6, 6.07) is 11.4. The molecule has 11 heteroatoms. The molecule has 0 atom stereocenters. The molecule has 4 aromatic rings. The second kappa shape index (κ2) is 13.0. The Bertz CT molecular complexity index is 1640. The number of rotatable bonds is 10. The van der Waals surface area contributed by atoms with Crippen LogP contribution in [0.5, 0.6) is 17.2 Å². The molecule has 1 heterocycles. The molecular weight excluding hydrogens is 578 g/mol. The summed E-state index contributed by atoms with van der Waals surface area (Å²) >= 11 is 6.03. The van der Waals surface area contributed by atoms with Gasteiger partial charge in [-0.15, -0.1) is 0 Å². The molecule has 222 valence electrons. The standard InChI is InChI=1S/C31H28ClF4NO5/c1-4-14-37(15-5-2)17-23-25(41-30(39)19-6-8-20(33)9-7-19)13-11-22-26(38)28(29(31(34,35)36)42-27(22)23)40-21-10-12-24(32)18(3)16-21/h6-13,16H,4-5,14-15,17H2,1-3H3/p+1. The molecule has 0 bridgehead atoms. The van der Waals surface area contributed by atoms with Crippen molar-refractivity contribution in [3.8, 4) is 17.2 Å². The molecule has 42 heavy (non-hydrogen) atoms. The van der Waals surface area contributed by atoms with Crippen LogP contribution in [0, 0.1) is 12.7 Å². The van der Waals surface area contributed by atoms with Gasteiger partial charge in [-0.05, 0) is 79.9 Å². The van der Waals surface area contributed by atoms with Crippen LogP contribution in [0.4, 0.5) is 17.6 Å². The van der Waals surface area contributed by atoms with Gasteiger partial charge < -0.3 is 18.8 Å². The van der Waals surface area contributed by atoms with Crippen molar-refractivity contribution >= 4 is 28.5 Å². The molecule has 0 radical (unpaired) electrons. The van der Waals surface area contributed by atoms with Gasteiger partial charge in [0.25, 0.3) is 5.76 Å². The van der Waals surface area contributed by atoms with Gasteiger partial charge in [-0.2, -0.15) is 13.2 Å². The highest BCUT2D eigenvalue weighted by atomic mass is 35.5. The minimum Gasteiger partial charge on any atom is -0.449 e. The Balaban J connectivity index is 1.91. The van der Waals surface area contributed by atoms with Gasteiger partial charge in [0.2, 0.25) is 11.2 Å². The number of ether oxygens (including phenoxy) is 2. The maximum Gasteiger partial charge on any atom is 0.453 e. The second-order valence-electron chi connectivity index (χ2n) is 9.84. The third-order valence-corrected chi connectivity index (χ3v) is 7.03. The second-order valence-corrected chi connectivity index (χ2v) is 10.2. The number of esters is 1. The summed E-state index contributed by atoms with van der Waals surface area (Å²) in [5.41, 5.74) is -0.704. The fourth-order valence-corrected chi connectivity index (χ4v) is 4.74. The molecule has 0 aliphatic rings. The number of halogens is 5. The van der Waals surface area contributed by atoms with Crippen LogP contribution in [0.15, 0.2) is 63.8 Å². The molecule has 3 aromatic carbocycles. The van der Waals surface area contributed by atoms with Crippen LogP contribution in [-0.4, -0.2) is 19.1 Å². The quantitative estimate of drug-likeness (QED) is 0.118. The number of quaternary nitrogens is 1. The molecule has 0 fully saturated rings. The highest BCUT2D eigenvalue weighted by Gasteiger charge is 2.41. The first-order valence-electron chi connectivity index (χ1n) is 13.4. The lowest BCUT2D eigenvalue weighted by Crippen LogP contribution is -3.10. The maximum absolute atomic E-state index is 14.3. The zero-order chi connectivity index (χ0) is 30.6. The Morgan fingerprint density at radius 2 is 1.67 bits per heavy atom. The Kier molecular flexibility index (Phi) is 9.58. The zero-order valence-corrected chi connectivity index (χ0v) is 23.9. The molecule has 0 unspecified atom stereocenters. The summed E-state index contributed by atoms with van der Waals surface area (Å²) in [6.07, 6.45) is -3.54. The van der Waals surface area contributed by atoms with Crippen molar-refractivity contribution in [2.24, 2.45) is 0 Å². The average Bonchev–Trinajstić information content (AvgIpc) is 2.93. The molecule has 0 saturated carbocycles. The van der Waals surface area contributed by atoms with E-state index in [0.29, 0.717) is 23.7 Å². The predicted octanol–water partition coefficient (Wildman–Crippen LogP) is 7.13. The van der Waals surface area contributed by atoms with Crippen molar-refractivity contribution in [3.05, 3.63) is 98.1 Å². The molecule has 4 rings (SSSR count). The monoisotopic (exact) mass is 606 g/mol. The number of alkyl halides is 3. The first kappa shape index (κ1) is 31.1. The van der Waals surface area contributed by atoms with Gasteiger partial charge >= 0.3 is 12.1 Å². The van der Waals surface area contributed by atoms with E-state index >= 15 is 0 Å². The van der Waals surface area contributed by atoms with Gasteiger partial charge in [0.05, 0.1) is 29.6 Å². The van der Waals surface area contributed by atoms with Gasteiger partial charge in [-0.25, -0.2) is 9.18 Å². The van der Waals surface area contributed by atoms with Crippen molar-refractivity contribution in [3.63, 3.8) is 0 Å². The largest absolute Gasteiger partial charge is 0.453 e. The molecule has 1 N–H and O–H groups in total. The number of hydrogen-bond donors (Lipinski definition) is 1. The first-order valence-corrected chi connectivity index (χ1v) is 13.8. The summed E-state index contributed by atoms with van der Waals surface area (Å²) in [5.74, 6) is -4.14. The number of fused-ring (bicyclic) bond motifs is 1. The van der Waals surface area contributed by atoms with E-state index in [0.717, 1.165) is 29.9 Å². The lowest BCUT2D eigenvalue weighted by molar-refractivity contribution is -0.913. The molecule has 6 nitrogen and oxygen atoms in total. The van der Waals surface area contributed by atoms with Crippen molar-refractivity contribution < 1.29 is 41.1 Å². The van der Waals surface area contributed by atoms with Gasteiger partial charge in [-0.1, -0.05) is 25.4 Å². The Hall–Kier alpha value is -3.89. The van der Waals surface area contributed by atoms with Gasteiger partial charge in [-0.3, -0.25) is 4.79 Å². The summed E-state index contributed by atoms with van der Waals surface area (Å²) in [7, 11) is 0. The molecule has 0 spiro atoms. The van der Waals surface area contributed by atoms with E-state index in [4.69, 9.17) is 25.5 Å². The molecule has 0 amide bonds. The fourth-order valence-electron chi connectivity index (χ4n) is 4.62. The van der Waals surface area contributed by atoms with Crippen LogP contribution in [0.2, 0.25) is 5.02 Å². The SMILES string of the molecule is CCC[NH+](CCC)Cc1c(OC(=O)c2ccc(F)cc2)ccc2c(=O)c(Oc3ccc(Cl)c(C)c3)c(C(F)(F)F)oc12. The van der Waals surface area contributed by atoms with Gasteiger partial charge in [0.15, 0.2) is 5.58 Å². The fraction of sp³-hybridized carbons (Fsp3) is 0.290. The predicted molar refractivity (Wildman–Crippen MR) is 150 cm³/mol. The average molecular weight is 607 g/mol. The number of benzene rings is 3. The maximum atomic E-state index is 14.3. The van der Waals surface area contributed by atoms with E-state index in [9.17, 15) is 27.2 Å². The lowest BCUT2D eigenvalue weighted by atomic mass is 10.1. The molecule has 0 saturated heterocycles. The van der Waals surface area contributed by atoms with Gasteiger partial charge in [0.1, 0.15) is 23.9 Å². The summed E-state index contributed by atoms with van der Waals surface area (Å²) in [5, 5.41) is 0.204. The Labute approximate surface area is 244 Å². The smallest absolute Gasteiger partial charge is 0.449 e. The van der Waals surface area contributed by atoms with Crippen LogP contribution in [-0.2, 0) is 12.7 Å². The lowest BCUT2D eigenvalue weighted by Gasteiger charge is -2.21. The Morgan fingerprint density at radius 1 is 1.00 bits per heavy atom. The molecular formula is C31H29ClF4NO5+. The van der Waals surface area contributed by atoms with Crippen LogP contribution >= 0.6 is 11.6 Å². The van der Waals surface area contributed by atoms with E-state index in [-0.39, 0.29) is 40.1 Å². The number of hydrogen-bond acceptors (Lipinski definition) is 5. The third-order valence-electron chi connectivity index (χ3n) is 6.60. The number of nitrogens with one attached hydrogen (secondary N) is 1. The third kappa shape index (κ3) is 6.94. The zero-order valence-electron chi connectivity index (χ0n) is 23.2. The minimum atomic E-state index is -5.10.